The molecule has 0 bridgehead atoms. The van der Waals surface area contributed by atoms with Crippen LogP contribution in [0.4, 0.5) is 5.69 Å². The highest BCUT2D eigenvalue weighted by Crippen LogP contribution is 2.29. The Hall–Kier alpha value is -4.88. The lowest BCUT2D eigenvalue weighted by atomic mass is 10.2. The fraction of sp³-hybridized carbons (Fsp3) is 0. The molecule has 0 heterocycles. The van der Waals surface area contributed by atoms with Crippen molar-refractivity contribution < 1.29 is 22.7 Å². The van der Waals surface area contributed by atoms with E-state index < -0.39 is 9.84 Å². The summed E-state index contributed by atoms with van der Waals surface area (Å²) < 4.78 is 37.8. The lowest BCUT2D eigenvalue weighted by Crippen LogP contribution is -2.11. The van der Waals surface area contributed by atoms with Gasteiger partial charge in [0.05, 0.1) is 9.79 Å². The van der Waals surface area contributed by atoms with Crippen molar-refractivity contribution >= 4 is 21.4 Å². The topological polar surface area (TPSA) is 81.7 Å². The third-order valence-corrected chi connectivity index (χ3v) is 7.42. The molecule has 0 fully saturated rings. The number of ether oxygens (including phenoxy) is 2. The molecule has 5 rings (SSSR count). The molecule has 1 N–H and O–H groups in total. The third-order valence-electron chi connectivity index (χ3n) is 5.63. The Morgan fingerprint density at radius 1 is 0.500 bits per heavy atom. The number of anilines is 1. The quantitative estimate of drug-likeness (QED) is 0.231. The molecule has 0 unspecified atom stereocenters. The third kappa shape index (κ3) is 5.91. The van der Waals surface area contributed by atoms with Crippen LogP contribution in [0.25, 0.3) is 0 Å². The van der Waals surface area contributed by atoms with Gasteiger partial charge >= 0.3 is 0 Å². The van der Waals surface area contributed by atoms with Crippen LogP contribution in [-0.4, -0.2) is 14.3 Å². The zero-order valence-electron chi connectivity index (χ0n) is 20.2. The fourth-order valence-corrected chi connectivity index (χ4v) is 4.93. The van der Waals surface area contributed by atoms with Gasteiger partial charge in [0, 0.05) is 11.3 Å². The number of carbonyl (C=O) groups excluding carboxylic acids is 1. The van der Waals surface area contributed by atoms with Gasteiger partial charge in [-0.15, -0.1) is 0 Å². The second-order valence-corrected chi connectivity index (χ2v) is 10.3. The summed E-state index contributed by atoms with van der Waals surface area (Å²) >= 11 is 0. The number of hydrogen-bond acceptors (Lipinski definition) is 5. The van der Waals surface area contributed by atoms with Crippen LogP contribution in [0.2, 0.25) is 0 Å². The molecule has 38 heavy (non-hydrogen) atoms. The van der Waals surface area contributed by atoms with Crippen molar-refractivity contribution in [2.75, 3.05) is 5.32 Å². The number of carbonyl (C=O) groups is 1. The van der Waals surface area contributed by atoms with Gasteiger partial charge in [-0.3, -0.25) is 4.79 Å². The van der Waals surface area contributed by atoms with Crippen molar-refractivity contribution in [3.8, 4) is 23.0 Å². The van der Waals surface area contributed by atoms with Crippen molar-refractivity contribution in [3.63, 3.8) is 0 Å². The molecule has 0 saturated carbocycles. The van der Waals surface area contributed by atoms with Crippen LogP contribution in [0.5, 0.6) is 23.0 Å². The fourth-order valence-electron chi connectivity index (χ4n) is 3.67. The molecule has 1 amide bonds. The van der Waals surface area contributed by atoms with Crippen molar-refractivity contribution in [3.05, 3.63) is 139 Å². The molecule has 0 radical (unpaired) electrons. The van der Waals surface area contributed by atoms with Gasteiger partial charge in [-0.1, -0.05) is 36.4 Å². The Labute approximate surface area is 221 Å². The molecule has 0 atom stereocenters. The first-order valence-corrected chi connectivity index (χ1v) is 13.3. The minimum Gasteiger partial charge on any atom is -0.457 e. The Morgan fingerprint density at radius 2 is 0.895 bits per heavy atom. The Balaban J connectivity index is 1.22. The highest BCUT2D eigenvalue weighted by Gasteiger charge is 2.18. The first-order chi connectivity index (χ1) is 18.5. The van der Waals surface area contributed by atoms with Gasteiger partial charge in [0.2, 0.25) is 9.84 Å². The van der Waals surface area contributed by atoms with Crippen LogP contribution in [0, 0.1) is 0 Å². The van der Waals surface area contributed by atoms with Crippen molar-refractivity contribution in [1.29, 1.82) is 0 Å². The van der Waals surface area contributed by atoms with Gasteiger partial charge in [-0.05, 0) is 97.1 Å². The minimum atomic E-state index is -3.71. The summed E-state index contributed by atoms with van der Waals surface area (Å²) in [5, 5.41) is 2.84. The smallest absolute Gasteiger partial charge is 0.255 e. The number of amides is 1. The SMILES string of the molecule is O=C(Nc1ccc(Oc2ccc(S(=O)(=O)c3ccc(Oc4ccccc4)cc3)cc2)cc1)c1ccccc1. The molecule has 6 nitrogen and oxygen atoms in total. The van der Waals surface area contributed by atoms with Crippen molar-refractivity contribution in [1.82, 2.24) is 0 Å². The molecule has 0 aliphatic heterocycles. The number of nitrogens with one attached hydrogen (secondary N) is 1. The summed E-state index contributed by atoms with van der Waals surface area (Å²) in [5.41, 5.74) is 1.20. The molecular formula is C31H23NO5S. The van der Waals surface area contributed by atoms with Gasteiger partial charge in [-0.2, -0.15) is 0 Å². The summed E-state index contributed by atoms with van der Waals surface area (Å²) in [5.74, 6) is 2.05. The summed E-state index contributed by atoms with van der Waals surface area (Å²) in [6, 6.07) is 37.7. The van der Waals surface area contributed by atoms with E-state index in [4.69, 9.17) is 9.47 Å². The lowest BCUT2D eigenvalue weighted by Gasteiger charge is -2.10. The molecule has 0 aliphatic carbocycles. The first-order valence-electron chi connectivity index (χ1n) is 11.8. The zero-order chi connectivity index (χ0) is 26.4. The molecule has 0 saturated heterocycles. The van der Waals surface area contributed by atoms with Gasteiger partial charge in [0.1, 0.15) is 23.0 Å². The van der Waals surface area contributed by atoms with Crippen LogP contribution in [0.15, 0.2) is 143 Å². The predicted molar refractivity (Wildman–Crippen MR) is 146 cm³/mol. The van der Waals surface area contributed by atoms with Gasteiger partial charge in [0.25, 0.3) is 5.91 Å². The Kier molecular flexibility index (Phi) is 7.19. The average Bonchev–Trinajstić information content (AvgIpc) is 2.96. The molecular weight excluding hydrogens is 498 g/mol. The van der Waals surface area contributed by atoms with Gasteiger partial charge < -0.3 is 14.8 Å². The van der Waals surface area contributed by atoms with Gasteiger partial charge in [-0.25, -0.2) is 8.42 Å². The highest BCUT2D eigenvalue weighted by molar-refractivity contribution is 7.91. The number of benzene rings is 5. The lowest BCUT2D eigenvalue weighted by molar-refractivity contribution is 0.102. The molecule has 188 valence electrons. The number of hydrogen-bond donors (Lipinski definition) is 1. The van der Waals surface area contributed by atoms with Crippen LogP contribution in [0.3, 0.4) is 0 Å². The molecule has 0 aliphatic rings. The highest BCUT2D eigenvalue weighted by atomic mass is 32.2. The maximum absolute atomic E-state index is 13.1. The summed E-state index contributed by atoms with van der Waals surface area (Å²) in [4.78, 5) is 12.6. The zero-order valence-corrected chi connectivity index (χ0v) is 21.0. The maximum atomic E-state index is 13.1. The second kappa shape index (κ2) is 11.0. The molecule has 5 aromatic carbocycles. The van der Waals surface area contributed by atoms with Crippen LogP contribution >= 0.6 is 0 Å². The summed E-state index contributed by atoms with van der Waals surface area (Å²) in [6.07, 6.45) is 0. The van der Waals surface area contributed by atoms with E-state index in [1.54, 1.807) is 72.8 Å². The van der Waals surface area contributed by atoms with E-state index in [0.29, 0.717) is 34.2 Å². The number of rotatable bonds is 8. The number of para-hydroxylation sites is 1. The van der Waals surface area contributed by atoms with Crippen LogP contribution in [0.1, 0.15) is 10.4 Å². The van der Waals surface area contributed by atoms with E-state index in [0.717, 1.165) is 0 Å². The van der Waals surface area contributed by atoms with E-state index in [9.17, 15) is 13.2 Å². The molecule has 5 aromatic rings. The number of sulfone groups is 1. The monoisotopic (exact) mass is 521 g/mol. The average molecular weight is 522 g/mol. The van der Waals surface area contributed by atoms with E-state index in [2.05, 4.69) is 5.32 Å². The van der Waals surface area contributed by atoms with Crippen LogP contribution < -0.4 is 14.8 Å². The summed E-state index contributed by atoms with van der Waals surface area (Å²) in [7, 11) is -3.71. The van der Waals surface area contributed by atoms with Crippen molar-refractivity contribution in [2.45, 2.75) is 9.79 Å². The largest absolute Gasteiger partial charge is 0.457 e. The van der Waals surface area contributed by atoms with Crippen LogP contribution in [-0.2, 0) is 9.84 Å². The standard InChI is InChI=1S/C31H23NO5S/c33-31(23-7-3-1-4-8-23)32-24-11-13-26(14-12-24)37-28-17-21-30(22-18-28)38(34,35)29-19-15-27(16-20-29)36-25-9-5-2-6-10-25/h1-22H,(H,32,33). The Morgan fingerprint density at radius 3 is 1.37 bits per heavy atom. The maximum Gasteiger partial charge on any atom is 0.255 e. The van der Waals surface area contributed by atoms with E-state index in [1.807, 2.05) is 36.4 Å². The van der Waals surface area contributed by atoms with Crippen molar-refractivity contribution in [2.24, 2.45) is 0 Å². The van der Waals surface area contributed by atoms with E-state index in [1.165, 1.54) is 24.3 Å². The molecule has 0 aromatic heterocycles. The van der Waals surface area contributed by atoms with Gasteiger partial charge in [0.15, 0.2) is 0 Å². The Bertz CT molecular complexity index is 1620. The predicted octanol–water partition coefficient (Wildman–Crippen LogP) is 7.36. The summed E-state index contributed by atoms with van der Waals surface area (Å²) in [6.45, 7) is 0. The van der Waals surface area contributed by atoms with E-state index >= 15 is 0 Å². The minimum absolute atomic E-state index is 0.153. The normalized spacial score (nSPS) is 10.9. The van der Waals surface area contributed by atoms with E-state index in [-0.39, 0.29) is 15.7 Å². The molecule has 0 spiro atoms. The molecule has 7 heteroatoms. The second-order valence-electron chi connectivity index (χ2n) is 8.31. The first kappa shape index (κ1) is 24.8.